The van der Waals surface area contributed by atoms with Crippen molar-refractivity contribution in [3.8, 4) is 11.3 Å². The van der Waals surface area contributed by atoms with Crippen LogP contribution in [-0.4, -0.2) is 14.9 Å². The van der Waals surface area contributed by atoms with Crippen molar-refractivity contribution in [3.05, 3.63) is 53.1 Å². The molecule has 0 aliphatic rings. The molecule has 3 nitrogen and oxygen atoms in total. The van der Waals surface area contributed by atoms with Gasteiger partial charge in [-0.15, -0.1) is 0 Å². The number of nitrogens with zero attached hydrogens (tertiary/aromatic N) is 2. The van der Waals surface area contributed by atoms with Crippen LogP contribution in [0.1, 0.15) is 41.0 Å². The molecule has 0 spiro atoms. The molecule has 0 radical (unpaired) electrons. The average Bonchev–Trinajstić information content (AvgIpc) is 2.83. The minimum absolute atomic E-state index is 0.0555. The van der Waals surface area contributed by atoms with Crippen molar-refractivity contribution >= 4 is 27.4 Å². The standard InChI is InChI=1S/C21H26BrN3/c1-20(2,3)14-21(4,5)24-19-18(15-9-7-6-8-10-15)23-17-12-11-16(22)13-25(17)19/h6-13,24H,14H2,1-5H3. The van der Waals surface area contributed by atoms with E-state index in [4.69, 9.17) is 4.98 Å². The number of nitrogens with one attached hydrogen (secondary N) is 1. The van der Waals surface area contributed by atoms with Gasteiger partial charge >= 0.3 is 0 Å². The first-order valence-electron chi connectivity index (χ1n) is 8.66. The first-order chi connectivity index (χ1) is 11.6. The van der Waals surface area contributed by atoms with Gasteiger partial charge in [0.15, 0.2) is 0 Å². The minimum Gasteiger partial charge on any atom is -0.364 e. The number of hydrogen-bond donors (Lipinski definition) is 1. The molecule has 3 aromatic rings. The largest absolute Gasteiger partial charge is 0.364 e. The molecule has 1 N–H and O–H groups in total. The molecule has 2 heterocycles. The number of pyridine rings is 1. The first kappa shape index (κ1) is 18.0. The Labute approximate surface area is 158 Å². The van der Waals surface area contributed by atoms with Gasteiger partial charge in [-0.2, -0.15) is 0 Å². The molecule has 0 unspecified atom stereocenters. The summed E-state index contributed by atoms with van der Waals surface area (Å²) in [5, 5.41) is 3.77. The van der Waals surface area contributed by atoms with Crippen molar-refractivity contribution in [3.63, 3.8) is 0 Å². The highest BCUT2D eigenvalue weighted by Gasteiger charge is 2.28. The van der Waals surface area contributed by atoms with E-state index < -0.39 is 0 Å². The summed E-state index contributed by atoms with van der Waals surface area (Å²) >= 11 is 3.58. The molecule has 0 aliphatic carbocycles. The smallest absolute Gasteiger partial charge is 0.139 e. The highest BCUT2D eigenvalue weighted by Crippen LogP contribution is 2.35. The normalized spacial score (nSPS) is 12.6. The zero-order valence-electron chi connectivity index (χ0n) is 15.6. The van der Waals surface area contributed by atoms with Crippen LogP contribution < -0.4 is 5.32 Å². The van der Waals surface area contributed by atoms with Gasteiger partial charge in [0.2, 0.25) is 0 Å². The average molecular weight is 400 g/mol. The van der Waals surface area contributed by atoms with E-state index in [1.807, 2.05) is 18.2 Å². The van der Waals surface area contributed by atoms with Gasteiger partial charge in [-0.25, -0.2) is 4.98 Å². The molecule has 1 aromatic carbocycles. The van der Waals surface area contributed by atoms with Crippen molar-refractivity contribution < 1.29 is 0 Å². The second kappa shape index (κ2) is 6.49. The summed E-state index contributed by atoms with van der Waals surface area (Å²) in [6.45, 7) is 11.3. The van der Waals surface area contributed by atoms with E-state index in [1.165, 1.54) is 0 Å². The third kappa shape index (κ3) is 4.24. The molecular formula is C21H26BrN3. The van der Waals surface area contributed by atoms with Crippen molar-refractivity contribution in [1.29, 1.82) is 0 Å². The quantitative estimate of drug-likeness (QED) is 0.550. The van der Waals surface area contributed by atoms with Crippen molar-refractivity contribution in [2.24, 2.45) is 5.41 Å². The molecule has 0 amide bonds. The summed E-state index contributed by atoms with van der Waals surface area (Å²) in [5.41, 5.74) is 3.23. The van der Waals surface area contributed by atoms with Crippen LogP contribution >= 0.6 is 15.9 Å². The molecule has 3 rings (SSSR count). The van der Waals surface area contributed by atoms with Crippen molar-refractivity contribution in [1.82, 2.24) is 9.38 Å². The Morgan fingerprint density at radius 1 is 1.00 bits per heavy atom. The lowest BCUT2D eigenvalue weighted by atomic mass is 9.82. The number of hydrogen-bond acceptors (Lipinski definition) is 2. The summed E-state index contributed by atoms with van der Waals surface area (Å²) in [5.74, 6) is 1.04. The molecule has 0 saturated heterocycles. The summed E-state index contributed by atoms with van der Waals surface area (Å²) in [6.07, 6.45) is 3.12. The number of imidazole rings is 1. The third-order valence-electron chi connectivity index (χ3n) is 4.06. The van der Waals surface area contributed by atoms with Gasteiger partial charge in [-0.05, 0) is 53.7 Å². The van der Waals surface area contributed by atoms with Crippen LogP contribution in [0.25, 0.3) is 16.9 Å². The van der Waals surface area contributed by atoms with Crippen LogP contribution in [0.3, 0.4) is 0 Å². The number of rotatable bonds is 4. The zero-order chi connectivity index (χ0) is 18.2. The zero-order valence-corrected chi connectivity index (χ0v) is 17.2. The monoisotopic (exact) mass is 399 g/mol. The lowest BCUT2D eigenvalue weighted by molar-refractivity contribution is 0.302. The number of aromatic nitrogens is 2. The van der Waals surface area contributed by atoms with E-state index in [-0.39, 0.29) is 11.0 Å². The van der Waals surface area contributed by atoms with Crippen LogP contribution in [0.5, 0.6) is 0 Å². The Balaban J connectivity index is 2.13. The molecule has 2 aromatic heterocycles. The molecule has 0 aliphatic heterocycles. The number of halogens is 1. The lowest BCUT2D eigenvalue weighted by Gasteiger charge is -2.34. The maximum absolute atomic E-state index is 4.88. The van der Waals surface area contributed by atoms with E-state index in [1.54, 1.807) is 0 Å². The van der Waals surface area contributed by atoms with E-state index >= 15 is 0 Å². The highest BCUT2D eigenvalue weighted by molar-refractivity contribution is 9.10. The molecule has 4 heteroatoms. The topological polar surface area (TPSA) is 29.3 Å². The van der Waals surface area contributed by atoms with Crippen LogP contribution in [0.4, 0.5) is 5.82 Å². The highest BCUT2D eigenvalue weighted by atomic mass is 79.9. The Kier molecular flexibility index (Phi) is 4.67. The summed E-state index contributed by atoms with van der Waals surface area (Å²) < 4.78 is 3.17. The van der Waals surface area contributed by atoms with Crippen LogP contribution in [0.2, 0.25) is 0 Å². The van der Waals surface area contributed by atoms with Gasteiger partial charge in [-0.1, -0.05) is 51.1 Å². The minimum atomic E-state index is -0.0555. The molecule has 0 bridgehead atoms. The second-order valence-electron chi connectivity index (χ2n) is 8.50. The fourth-order valence-corrected chi connectivity index (χ4v) is 3.96. The summed E-state index contributed by atoms with van der Waals surface area (Å²) in [7, 11) is 0. The number of fused-ring (bicyclic) bond motifs is 1. The maximum atomic E-state index is 4.88. The molecule has 25 heavy (non-hydrogen) atoms. The Hall–Kier alpha value is -1.81. The van der Waals surface area contributed by atoms with E-state index in [0.29, 0.717) is 0 Å². The fourth-order valence-electron chi connectivity index (χ4n) is 3.63. The fraction of sp³-hybridized carbons (Fsp3) is 0.381. The number of benzene rings is 1. The van der Waals surface area contributed by atoms with Crippen molar-refractivity contribution in [2.45, 2.75) is 46.6 Å². The Bertz CT molecular complexity index is 873. The lowest BCUT2D eigenvalue weighted by Crippen LogP contribution is -2.36. The number of anilines is 1. The second-order valence-corrected chi connectivity index (χ2v) is 9.41. The van der Waals surface area contributed by atoms with Crippen LogP contribution in [0.15, 0.2) is 53.1 Å². The molecule has 0 saturated carbocycles. The van der Waals surface area contributed by atoms with Gasteiger partial charge < -0.3 is 5.32 Å². The first-order valence-corrected chi connectivity index (χ1v) is 9.45. The molecule has 132 valence electrons. The molecule has 0 atom stereocenters. The predicted molar refractivity (Wildman–Crippen MR) is 110 cm³/mol. The van der Waals surface area contributed by atoms with Gasteiger partial charge in [0.25, 0.3) is 0 Å². The van der Waals surface area contributed by atoms with Gasteiger partial charge in [0, 0.05) is 21.8 Å². The van der Waals surface area contributed by atoms with Gasteiger partial charge in [0.05, 0.1) is 0 Å². The van der Waals surface area contributed by atoms with E-state index in [0.717, 1.165) is 33.6 Å². The molecular weight excluding hydrogens is 374 g/mol. The van der Waals surface area contributed by atoms with Crippen LogP contribution in [-0.2, 0) is 0 Å². The summed E-state index contributed by atoms with van der Waals surface area (Å²) in [6, 6.07) is 14.4. The Morgan fingerprint density at radius 2 is 1.68 bits per heavy atom. The predicted octanol–water partition coefficient (Wildman–Crippen LogP) is 6.39. The van der Waals surface area contributed by atoms with Crippen molar-refractivity contribution in [2.75, 3.05) is 5.32 Å². The SMILES string of the molecule is CC(C)(C)CC(C)(C)Nc1c(-c2ccccc2)nc2ccc(Br)cn12. The van der Waals surface area contributed by atoms with E-state index in [2.05, 4.69) is 90.7 Å². The molecule has 0 fully saturated rings. The van der Waals surface area contributed by atoms with Gasteiger partial charge in [-0.3, -0.25) is 4.40 Å². The van der Waals surface area contributed by atoms with E-state index in [9.17, 15) is 0 Å². The maximum Gasteiger partial charge on any atom is 0.139 e. The van der Waals surface area contributed by atoms with Crippen LogP contribution in [0, 0.1) is 5.41 Å². The van der Waals surface area contributed by atoms with Gasteiger partial charge in [0.1, 0.15) is 17.2 Å². The third-order valence-corrected chi connectivity index (χ3v) is 4.53. The summed E-state index contributed by atoms with van der Waals surface area (Å²) in [4.78, 5) is 4.88. The Morgan fingerprint density at radius 3 is 2.32 bits per heavy atom.